The highest BCUT2D eigenvalue weighted by atomic mass is 32.2. The normalized spacial score (nSPS) is 11.2. The lowest BCUT2D eigenvalue weighted by molar-refractivity contribution is 0.600. The molecule has 0 spiro atoms. The molecule has 0 unspecified atom stereocenters. The number of thiocarbonyl (C=S) groups is 1. The highest BCUT2D eigenvalue weighted by Crippen LogP contribution is 2.14. The van der Waals surface area contributed by atoms with Crippen molar-refractivity contribution in [2.24, 2.45) is 5.73 Å². The van der Waals surface area contributed by atoms with Crippen LogP contribution in [0.5, 0.6) is 0 Å². The van der Waals surface area contributed by atoms with E-state index in [-0.39, 0.29) is 16.6 Å². The maximum atomic E-state index is 12.0. The van der Waals surface area contributed by atoms with Crippen molar-refractivity contribution in [3.05, 3.63) is 47.7 Å². The number of sulfonamides is 1. The van der Waals surface area contributed by atoms with Gasteiger partial charge in [-0.15, -0.1) is 0 Å². The van der Waals surface area contributed by atoms with Gasteiger partial charge in [0.25, 0.3) is 0 Å². The number of nitrogens with two attached hydrogens (primary N) is 1. The fourth-order valence-electron chi connectivity index (χ4n) is 1.54. The summed E-state index contributed by atoms with van der Waals surface area (Å²) in [5, 5.41) is 6.24. The van der Waals surface area contributed by atoms with Gasteiger partial charge in [0.1, 0.15) is 10.8 Å². The summed E-state index contributed by atoms with van der Waals surface area (Å²) in [6.45, 7) is 0. The van der Waals surface area contributed by atoms with E-state index in [1.807, 2.05) is 6.07 Å². The SMILES string of the molecule is NC(=S)c1cn[nH]c1NS(=O)(=O)Cc1ccccc1. The minimum atomic E-state index is -3.55. The van der Waals surface area contributed by atoms with Gasteiger partial charge in [0.05, 0.1) is 17.5 Å². The Bertz CT molecular complexity index is 680. The molecule has 1 heterocycles. The van der Waals surface area contributed by atoms with Gasteiger partial charge < -0.3 is 5.73 Å². The van der Waals surface area contributed by atoms with Crippen LogP contribution in [0.4, 0.5) is 5.82 Å². The molecule has 0 saturated carbocycles. The van der Waals surface area contributed by atoms with Crippen molar-refractivity contribution in [1.82, 2.24) is 10.2 Å². The summed E-state index contributed by atoms with van der Waals surface area (Å²) in [6, 6.07) is 8.85. The number of nitrogens with one attached hydrogen (secondary N) is 2. The van der Waals surface area contributed by atoms with Crippen molar-refractivity contribution >= 4 is 33.0 Å². The van der Waals surface area contributed by atoms with E-state index in [1.165, 1.54) is 6.20 Å². The first-order chi connectivity index (χ1) is 8.98. The number of anilines is 1. The van der Waals surface area contributed by atoms with Crippen molar-refractivity contribution < 1.29 is 8.42 Å². The fourth-order valence-corrected chi connectivity index (χ4v) is 2.86. The van der Waals surface area contributed by atoms with Gasteiger partial charge in [0.15, 0.2) is 0 Å². The van der Waals surface area contributed by atoms with Gasteiger partial charge in [-0.2, -0.15) is 5.10 Å². The van der Waals surface area contributed by atoms with E-state index in [4.69, 9.17) is 18.0 Å². The van der Waals surface area contributed by atoms with E-state index in [2.05, 4.69) is 14.9 Å². The maximum absolute atomic E-state index is 12.0. The third-order valence-electron chi connectivity index (χ3n) is 2.36. The van der Waals surface area contributed by atoms with Gasteiger partial charge in [-0.05, 0) is 5.56 Å². The zero-order valence-electron chi connectivity index (χ0n) is 9.83. The Kier molecular flexibility index (Phi) is 3.82. The number of hydrogen-bond donors (Lipinski definition) is 3. The molecule has 0 aliphatic rings. The molecule has 2 aromatic rings. The lowest BCUT2D eigenvalue weighted by Gasteiger charge is -2.07. The van der Waals surface area contributed by atoms with Gasteiger partial charge in [-0.25, -0.2) is 8.42 Å². The summed E-state index contributed by atoms with van der Waals surface area (Å²) < 4.78 is 26.4. The first-order valence-electron chi connectivity index (χ1n) is 5.35. The molecule has 0 fully saturated rings. The molecule has 0 saturated heterocycles. The van der Waals surface area contributed by atoms with Crippen LogP contribution in [0.2, 0.25) is 0 Å². The second-order valence-electron chi connectivity index (χ2n) is 3.87. The average Bonchev–Trinajstić information content (AvgIpc) is 2.77. The Morgan fingerprint density at radius 2 is 2.05 bits per heavy atom. The number of benzene rings is 1. The predicted molar refractivity (Wildman–Crippen MR) is 77.2 cm³/mol. The molecule has 0 amide bonds. The Balaban J connectivity index is 2.18. The van der Waals surface area contributed by atoms with Crippen molar-refractivity contribution in [2.75, 3.05) is 4.72 Å². The minimum absolute atomic E-state index is 0.0751. The van der Waals surface area contributed by atoms with Gasteiger partial charge in [-0.3, -0.25) is 9.82 Å². The monoisotopic (exact) mass is 296 g/mol. The molecule has 0 aliphatic heterocycles. The third-order valence-corrected chi connectivity index (χ3v) is 3.81. The molecule has 1 aromatic carbocycles. The van der Waals surface area contributed by atoms with Crippen LogP contribution in [0.15, 0.2) is 36.5 Å². The first kappa shape index (κ1) is 13.5. The Morgan fingerprint density at radius 3 is 2.68 bits per heavy atom. The average molecular weight is 296 g/mol. The summed E-state index contributed by atoms with van der Waals surface area (Å²) in [6.07, 6.45) is 1.38. The van der Waals surface area contributed by atoms with Crippen LogP contribution in [-0.2, 0) is 15.8 Å². The number of nitrogens with zero attached hydrogens (tertiary/aromatic N) is 1. The molecule has 0 aliphatic carbocycles. The van der Waals surface area contributed by atoms with E-state index in [1.54, 1.807) is 24.3 Å². The standard InChI is InChI=1S/C11H12N4O2S2/c12-10(18)9-6-13-14-11(9)15-19(16,17)7-8-4-2-1-3-5-8/h1-6H,7H2,(H2,12,18)(H2,13,14,15). The quantitative estimate of drug-likeness (QED) is 0.714. The van der Waals surface area contributed by atoms with E-state index < -0.39 is 10.0 Å². The number of hydrogen-bond acceptors (Lipinski definition) is 4. The number of aromatic amines is 1. The van der Waals surface area contributed by atoms with Crippen molar-refractivity contribution in [3.63, 3.8) is 0 Å². The molecule has 4 N–H and O–H groups in total. The summed E-state index contributed by atoms with van der Waals surface area (Å²) in [7, 11) is -3.55. The molecule has 2 rings (SSSR count). The molecular formula is C11H12N4O2S2. The van der Waals surface area contributed by atoms with E-state index in [9.17, 15) is 8.42 Å². The minimum Gasteiger partial charge on any atom is -0.389 e. The van der Waals surface area contributed by atoms with Crippen LogP contribution in [0, 0.1) is 0 Å². The number of rotatable bonds is 5. The van der Waals surface area contributed by atoms with Gasteiger partial charge in [0.2, 0.25) is 10.0 Å². The topological polar surface area (TPSA) is 101 Å². The molecule has 100 valence electrons. The largest absolute Gasteiger partial charge is 0.389 e. The second kappa shape index (κ2) is 5.37. The first-order valence-corrected chi connectivity index (χ1v) is 7.41. The Morgan fingerprint density at radius 1 is 1.37 bits per heavy atom. The zero-order chi connectivity index (χ0) is 13.9. The fraction of sp³-hybridized carbons (Fsp3) is 0.0909. The highest BCUT2D eigenvalue weighted by Gasteiger charge is 2.16. The number of aromatic nitrogens is 2. The molecule has 1 aromatic heterocycles. The van der Waals surface area contributed by atoms with E-state index in [0.717, 1.165) is 0 Å². The Hall–Kier alpha value is -1.93. The van der Waals surface area contributed by atoms with Crippen molar-refractivity contribution in [2.45, 2.75) is 5.75 Å². The van der Waals surface area contributed by atoms with Crippen LogP contribution in [0.1, 0.15) is 11.1 Å². The molecule has 6 nitrogen and oxygen atoms in total. The summed E-state index contributed by atoms with van der Waals surface area (Å²) in [5.74, 6) is 0.0484. The summed E-state index contributed by atoms with van der Waals surface area (Å²) in [4.78, 5) is 0.0751. The highest BCUT2D eigenvalue weighted by molar-refractivity contribution is 7.91. The van der Waals surface area contributed by atoms with Gasteiger partial charge in [0, 0.05) is 0 Å². The molecule has 0 bridgehead atoms. The third kappa shape index (κ3) is 3.52. The molecular weight excluding hydrogens is 284 g/mol. The zero-order valence-corrected chi connectivity index (χ0v) is 11.5. The molecule has 0 radical (unpaired) electrons. The smallest absolute Gasteiger partial charge is 0.238 e. The molecule has 8 heteroatoms. The van der Waals surface area contributed by atoms with Crippen molar-refractivity contribution in [1.29, 1.82) is 0 Å². The van der Waals surface area contributed by atoms with Crippen LogP contribution in [0.25, 0.3) is 0 Å². The van der Waals surface area contributed by atoms with Gasteiger partial charge >= 0.3 is 0 Å². The van der Waals surface area contributed by atoms with Crippen LogP contribution < -0.4 is 10.5 Å². The summed E-state index contributed by atoms with van der Waals surface area (Å²) >= 11 is 4.81. The Labute approximate surface area is 116 Å². The second-order valence-corrected chi connectivity index (χ2v) is 6.03. The predicted octanol–water partition coefficient (Wildman–Crippen LogP) is 0.986. The van der Waals surface area contributed by atoms with Crippen molar-refractivity contribution in [3.8, 4) is 0 Å². The molecule has 19 heavy (non-hydrogen) atoms. The van der Waals surface area contributed by atoms with Gasteiger partial charge in [-0.1, -0.05) is 42.5 Å². The van der Waals surface area contributed by atoms with Crippen LogP contribution >= 0.6 is 12.2 Å². The van der Waals surface area contributed by atoms with E-state index in [0.29, 0.717) is 11.1 Å². The van der Waals surface area contributed by atoms with E-state index >= 15 is 0 Å². The lowest BCUT2D eigenvalue weighted by Crippen LogP contribution is -2.18. The number of H-pyrrole nitrogens is 1. The molecule has 0 atom stereocenters. The lowest BCUT2D eigenvalue weighted by atomic mass is 10.2. The van der Waals surface area contributed by atoms with Crippen LogP contribution in [-0.4, -0.2) is 23.6 Å². The maximum Gasteiger partial charge on any atom is 0.238 e. The summed E-state index contributed by atoms with van der Waals surface area (Å²) in [5.41, 5.74) is 6.52. The van der Waals surface area contributed by atoms with Crippen LogP contribution in [0.3, 0.4) is 0 Å².